The summed E-state index contributed by atoms with van der Waals surface area (Å²) in [6.07, 6.45) is 6.68. The molecular weight excluding hydrogens is 498 g/mol. The fraction of sp³-hybridized carbons (Fsp3) is 0.481. The molecule has 1 atom stereocenters. The molecule has 0 aliphatic heterocycles. The van der Waals surface area contributed by atoms with E-state index in [0.717, 1.165) is 47.4 Å². The molecule has 1 fully saturated rings. The smallest absolute Gasteiger partial charge is 0.244 e. The van der Waals surface area contributed by atoms with Gasteiger partial charge in [0, 0.05) is 17.6 Å². The molecule has 1 N–H and O–H groups in total. The van der Waals surface area contributed by atoms with Crippen LogP contribution >= 0.6 is 11.6 Å². The zero-order valence-electron chi connectivity index (χ0n) is 21.2. The second kappa shape index (κ2) is 12.6. The number of rotatable bonds is 10. The van der Waals surface area contributed by atoms with Gasteiger partial charge in [-0.1, -0.05) is 62.1 Å². The van der Waals surface area contributed by atoms with Gasteiger partial charge in [-0.3, -0.25) is 13.9 Å². The summed E-state index contributed by atoms with van der Waals surface area (Å²) >= 11 is 6.04. The summed E-state index contributed by atoms with van der Waals surface area (Å²) in [5.74, 6) is -0.643. The summed E-state index contributed by atoms with van der Waals surface area (Å²) in [6, 6.07) is 13.5. The molecule has 2 amide bonds. The number of hydrogen-bond acceptors (Lipinski definition) is 4. The molecular formula is C27H36ClN3O4S. The molecule has 1 saturated carbocycles. The van der Waals surface area contributed by atoms with Crippen molar-refractivity contribution in [1.82, 2.24) is 10.2 Å². The number of aryl methyl sites for hydroxylation is 1. The molecule has 0 heterocycles. The number of sulfonamides is 1. The number of carbonyl (C=O) groups is 2. The molecule has 0 aromatic heterocycles. The Bertz CT molecular complexity index is 1150. The second-order valence-electron chi connectivity index (χ2n) is 9.52. The molecule has 2 aromatic carbocycles. The Labute approximate surface area is 219 Å². The highest BCUT2D eigenvalue weighted by atomic mass is 35.5. The van der Waals surface area contributed by atoms with E-state index in [9.17, 15) is 18.0 Å². The Balaban J connectivity index is 1.90. The number of anilines is 1. The van der Waals surface area contributed by atoms with Crippen LogP contribution in [0, 0.1) is 6.92 Å². The molecule has 2 aromatic rings. The van der Waals surface area contributed by atoms with Crippen LogP contribution in [0.5, 0.6) is 0 Å². The van der Waals surface area contributed by atoms with Gasteiger partial charge in [0.25, 0.3) is 0 Å². The number of halogens is 1. The van der Waals surface area contributed by atoms with E-state index >= 15 is 0 Å². The minimum absolute atomic E-state index is 0.104. The summed E-state index contributed by atoms with van der Waals surface area (Å²) in [6.45, 7) is 3.49. The molecule has 196 valence electrons. The zero-order valence-corrected chi connectivity index (χ0v) is 22.8. The third-order valence-corrected chi connectivity index (χ3v) is 7.97. The van der Waals surface area contributed by atoms with Gasteiger partial charge in [-0.05, 0) is 61.6 Å². The molecule has 0 unspecified atom stereocenters. The van der Waals surface area contributed by atoms with Crippen molar-refractivity contribution in [2.45, 2.75) is 71.0 Å². The Morgan fingerprint density at radius 2 is 1.75 bits per heavy atom. The van der Waals surface area contributed by atoms with Crippen LogP contribution in [0.15, 0.2) is 48.5 Å². The predicted molar refractivity (Wildman–Crippen MR) is 144 cm³/mol. The van der Waals surface area contributed by atoms with Crippen LogP contribution in [0.25, 0.3) is 0 Å². The van der Waals surface area contributed by atoms with Crippen molar-refractivity contribution in [1.29, 1.82) is 0 Å². The number of benzene rings is 2. The van der Waals surface area contributed by atoms with E-state index < -0.39 is 28.5 Å². The van der Waals surface area contributed by atoms with Crippen molar-refractivity contribution in [2.24, 2.45) is 0 Å². The van der Waals surface area contributed by atoms with Crippen LogP contribution in [0.4, 0.5) is 5.69 Å². The van der Waals surface area contributed by atoms with E-state index in [0.29, 0.717) is 17.1 Å². The third-order valence-electron chi connectivity index (χ3n) is 6.57. The van der Waals surface area contributed by atoms with E-state index in [1.54, 1.807) is 30.3 Å². The molecule has 3 rings (SSSR count). The van der Waals surface area contributed by atoms with Gasteiger partial charge in [0.1, 0.15) is 12.6 Å². The number of nitrogens with zero attached hydrogens (tertiary/aromatic N) is 2. The number of carbonyl (C=O) groups excluding carboxylic acids is 2. The van der Waals surface area contributed by atoms with Crippen LogP contribution in [-0.4, -0.2) is 50.0 Å². The fourth-order valence-electron chi connectivity index (χ4n) is 4.65. The first kappa shape index (κ1) is 28.0. The molecule has 7 nitrogen and oxygen atoms in total. The summed E-state index contributed by atoms with van der Waals surface area (Å²) < 4.78 is 26.5. The topological polar surface area (TPSA) is 86.8 Å². The number of nitrogens with one attached hydrogen (secondary N) is 1. The summed E-state index contributed by atoms with van der Waals surface area (Å²) in [4.78, 5) is 28.6. The van der Waals surface area contributed by atoms with Gasteiger partial charge in [-0.2, -0.15) is 0 Å². The first-order valence-corrected chi connectivity index (χ1v) is 14.7. The Hall–Kier alpha value is -2.58. The molecule has 0 radical (unpaired) electrons. The molecule has 0 saturated heterocycles. The lowest BCUT2D eigenvalue weighted by molar-refractivity contribution is -0.140. The van der Waals surface area contributed by atoms with Gasteiger partial charge in [-0.15, -0.1) is 0 Å². The van der Waals surface area contributed by atoms with Crippen molar-refractivity contribution >= 4 is 39.1 Å². The van der Waals surface area contributed by atoms with Crippen molar-refractivity contribution in [3.63, 3.8) is 0 Å². The van der Waals surface area contributed by atoms with Crippen LogP contribution in [0.3, 0.4) is 0 Å². The van der Waals surface area contributed by atoms with Gasteiger partial charge in [0.2, 0.25) is 21.8 Å². The minimum Gasteiger partial charge on any atom is -0.352 e. The largest absolute Gasteiger partial charge is 0.352 e. The maximum absolute atomic E-state index is 13.7. The Kier molecular flexibility index (Phi) is 9.79. The van der Waals surface area contributed by atoms with Gasteiger partial charge in [0.05, 0.1) is 11.9 Å². The molecule has 0 bridgehead atoms. The quantitative estimate of drug-likeness (QED) is 0.481. The van der Waals surface area contributed by atoms with Crippen molar-refractivity contribution < 1.29 is 18.0 Å². The fourth-order valence-corrected chi connectivity index (χ4v) is 5.61. The van der Waals surface area contributed by atoms with E-state index in [1.807, 2.05) is 32.0 Å². The monoisotopic (exact) mass is 533 g/mol. The lowest BCUT2D eigenvalue weighted by atomic mass is 9.95. The molecule has 9 heteroatoms. The Morgan fingerprint density at radius 1 is 1.08 bits per heavy atom. The highest BCUT2D eigenvalue weighted by Gasteiger charge is 2.32. The van der Waals surface area contributed by atoms with Gasteiger partial charge < -0.3 is 10.2 Å². The molecule has 1 aliphatic rings. The average Bonchev–Trinajstić information content (AvgIpc) is 2.83. The Morgan fingerprint density at radius 3 is 2.33 bits per heavy atom. The first-order valence-electron chi connectivity index (χ1n) is 12.5. The molecule has 0 spiro atoms. The zero-order chi connectivity index (χ0) is 26.3. The second-order valence-corrected chi connectivity index (χ2v) is 11.9. The van der Waals surface area contributed by atoms with Gasteiger partial charge in [0.15, 0.2) is 0 Å². The maximum Gasteiger partial charge on any atom is 0.244 e. The van der Waals surface area contributed by atoms with Crippen LogP contribution in [0.1, 0.15) is 56.6 Å². The van der Waals surface area contributed by atoms with Crippen LogP contribution < -0.4 is 9.62 Å². The number of amides is 2. The third kappa shape index (κ3) is 7.71. The highest BCUT2D eigenvalue weighted by molar-refractivity contribution is 7.92. The highest BCUT2D eigenvalue weighted by Crippen LogP contribution is 2.22. The van der Waals surface area contributed by atoms with Gasteiger partial charge in [-0.25, -0.2) is 8.42 Å². The van der Waals surface area contributed by atoms with Gasteiger partial charge >= 0.3 is 0 Å². The van der Waals surface area contributed by atoms with Crippen molar-refractivity contribution in [3.8, 4) is 0 Å². The van der Waals surface area contributed by atoms with E-state index in [4.69, 9.17) is 11.6 Å². The van der Waals surface area contributed by atoms with Crippen molar-refractivity contribution in [3.05, 3.63) is 64.7 Å². The average molecular weight is 534 g/mol. The van der Waals surface area contributed by atoms with E-state index in [-0.39, 0.29) is 18.5 Å². The van der Waals surface area contributed by atoms with E-state index in [2.05, 4.69) is 5.32 Å². The minimum atomic E-state index is -3.75. The normalized spacial score (nSPS) is 15.2. The lowest BCUT2D eigenvalue weighted by Gasteiger charge is -2.34. The summed E-state index contributed by atoms with van der Waals surface area (Å²) in [5.41, 5.74) is 2.10. The first-order chi connectivity index (χ1) is 17.1. The van der Waals surface area contributed by atoms with E-state index in [1.165, 1.54) is 11.3 Å². The summed E-state index contributed by atoms with van der Waals surface area (Å²) in [7, 11) is -3.75. The summed E-state index contributed by atoms with van der Waals surface area (Å²) in [5, 5.41) is 3.71. The lowest BCUT2D eigenvalue weighted by Crippen LogP contribution is -2.53. The maximum atomic E-state index is 13.7. The predicted octanol–water partition coefficient (Wildman–Crippen LogP) is 4.67. The van der Waals surface area contributed by atoms with Crippen LogP contribution in [-0.2, 0) is 26.2 Å². The van der Waals surface area contributed by atoms with Crippen LogP contribution in [0.2, 0.25) is 5.02 Å². The standard InChI is InChI=1S/C27H36ClN3O4S/c1-4-25(27(33)29-23-10-6-5-7-11-23)30(18-21-13-15-22(28)16-14-21)26(32)19-31(36(3,34)35)24-12-8-9-20(2)17-24/h8-9,12-17,23,25H,4-7,10-11,18-19H2,1-3H3,(H,29,33)/t25-/m0/s1. The molecule has 1 aliphatic carbocycles. The van der Waals surface area contributed by atoms with Crippen molar-refractivity contribution in [2.75, 3.05) is 17.1 Å². The SMILES string of the molecule is CC[C@@H](C(=O)NC1CCCCC1)N(Cc1ccc(Cl)cc1)C(=O)CN(c1cccc(C)c1)S(C)(=O)=O. The molecule has 36 heavy (non-hydrogen) atoms. The number of hydrogen-bond donors (Lipinski definition) is 1.